The highest BCUT2D eigenvalue weighted by Crippen LogP contribution is 2.69. The minimum Gasteiger partial charge on any atom is -0.490 e. The number of hydrogen-bond donors (Lipinski definition) is 1. The lowest BCUT2D eigenvalue weighted by Gasteiger charge is -2.43. The summed E-state index contributed by atoms with van der Waals surface area (Å²) < 4.78 is 57.9. The quantitative estimate of drug-likeness (QED) is 0.348. The molecule has 49 heavy (non-hydrogen) atoms. The first-order valence-electron chi connectivity index (χ1n) is 16.2. The first kappa shape index (κ1) is 32.4. The van der Waals surface area contributed by atoms with Gasteiger partial charge in [-0.25, -0.2) is 0 Å². The second-order valence-electron chi connectivity index (χ2n) is 12.9. The Balaban J connectivity index is 1.12. The van der Waals surface area contributed by atoms with Crippen molar-refractivity contribution in [3.8, 4) is 11.5 Å². The number of hydrogen-bond acceptors (Lipinski definition) is 9. The van der Waals surface area contributed by atoms with Gasteiger partial charge in [0.2, 0.25) is 11.8 Å². The van der Waals surface area contributed by atoms with E-state index in [9.17, 15) is 32.3 Å². The molecule has 1 aromatic heterocycles. The van der Waals surface area contributed by atoms with Crippen LogP contribution >= 0.6 is 23.1 Å². The Bertz CT molecular complexity index is 1890. The molecule has 3 aliphatic heterocycles. The fourth-order valence-corrected chi connectivity index (χ4v) is 11.5. The van der Waals surface area contributed by atoms with E-state index in [0.717, 1.165) is 43.8 Å². The van der Waals surface area contributed by atoms with Gasteiger partial charge >= 0.3 is 11.0 Å². The first-order chi connectivity index (χ1) is 23.5. The molecule has 5 aliphatic rings. The number of amides is 3. The predicted molar refractivity (Wildman–Crippen MR) is 173 cm³/mol. The van der Waals surface area contributed by atoms with Crippen molar-refractivity contribution >= 4 is 46.5 Å². The molecule has 10 nitrogen and oxygen atoms in total. The molecule has 3 amide bonds. The van der Waals surface area contributed by atoms with Gasteiger partial charge < -0.3 is 24.1 Å². The summed E-state index contributed by atoms with van der Waals surface area (Å²) in [4.78, 5) is 59.6. The maximum absolute atomic E-state index is 14.0. The molecular formula is C34H32F3N3O7S2. The summed E-state index contributed by atoms with van der Waals surface area (Å²) in [6, 6.07) is 9.88. The Labute approximate surface area is 286 Å². The van der Waals surface area contributed by atoms with Crippen LogP contribution in [0.5, 0.6) is 11.5 Å². The number of aromatic amines is 1. The summed E-state index contributed by atoms with van der Waals surface area (Å²) in [5.41, 5.74) is -0.151. The van der Waals surface area contributed by atoms with Crippen LogP contribution in [-0.2, 0) is 25.3 Å². The second-order valence-corrected chi connectivity index (χ2v) is 15.1. The maximum Gasteiger partial charge on any atom is 0.416 e. The molecule has 2 saturated heterocycles. The molecule has 2 aliphatic carbocycles. The number of rotatable bonds is 7. The van der Waals surface area contributed by atoms with Crippen LogP contribution in [0.1, 0.15) is 35.3 Å². The summed E-state index contributed by atoms with van der Waals surface area (Å²) in [5, 5.41) is 0.621. The smallest absolute Gasteiger partial charge is 0.416 e. The van der Waals surface area contributed by atoms with Crippen LogP contribution in [0.2, 0.25) is 0 Å². The van der Waals surface area contributed by atoms with Crippen LogP contribution in [-0.4, -0.2) is 72.4 Å². The van der Waals surface area contributed by atoms with Crippen molar-refractivity contribution in [2.75, 3.05) is 44.4 Å². The number of morpholine rings is 1. The molecule has 4 fully saturated rings. The number of H-pyrrole nitrogens is 1. The molecular weight excluding hydrogens is 684 g/mol. The average Bonchev–Trinajstić information content (AvgIpc) is 3.83. The topological polar surface area (TPSA) is 118 Å². The molecule has 4 heterocycles. The van der Waals surface area contributed by atoms with Gasteiger partial charge in [0.05, 0.1) is 47.9 Å². The number of alkyl halides is 3. The molecule has 0 radical (unpaired) electrons. The number of halogens is 3. The van der Waals surface area contributed by atoms with Gasteiger partial charge in [-0.1, -0.05) is 23.5 Å². The standard InChI is InChI=1S/C34H32F3N3O7S2/c1-2-46-22-12-16(6-7-21(22)47-15-23(41)39-8-10-45-11-9-39)24-25-19-14-20(28(25)48-30-29(24)49-33(44)38-30)27-26(19)31(42)40(32(27)43)18-5-3-4-17(13-18)34(35,36)37/h3-7,12-13,19-20,24-28H,2,8-11,14-15H2,1H3,(H,38,44)/t19?,20?,24-,25?,26?,27?,28?/m1/s1. The lowest BCUT2D eigenvalue weighted by Crippen LogP contribution is -2.43. The molecule has 15 heteroatoms. The fourth-order valence-electron chi connectivity index (χ4n) is 8.62. The van der Waals surface area contributed by atoms with Crippen LogP contribution in [0.25, 0.3) is 0 Å². The number of fused-ring (bicyclic) bond motifs is 9. The first-order valence-corrected chi connectivity index (χ1v) is 17.9. The maximum atomic E-state index is 14.0. The number of thioether (sulfide) groups is 1. The van der Waals surface area contributed by atoms with Crippen molar-refractivity contribution in [2.24, 2.45) is 29.6 Å². The van der Waals surface area contributed by atoms with Gasteiger partial charge in [0.15, 0.2) is 18.1 Å². The van der Waals surface area contributed by atoms with Gasteiger partial charge in [-0.15, -0.1) is 11.8 Å². The van der Waals surface area contributed by atoms with Gasteiger partial charge in [-0.2, -0.15) is 13.2 Å². The lowest BCUT2D eigenvalue weighted by molar-refractivity contribution is -0.138. The van der Waals surface area contributed by atoms with Gasteiger partial charge in [0, 0.05) is 29.1 Å². The zero-order chi connectivity index (χ0) is 34.2. The highest BCUT2D eigenvalue weighted by atomic mass is 32.2. The minimum atomic E-state index is -4.62. The van der Waals surface area contributed by atoms with Gasteiger partial charge in [0.25, 0.3) is 5.91 Å². The van der Waals surface area contributed by atoms with Gasteiger partial charge in [-0.05, 0) is 67.0 Å². The van der Waals surface area contributed by atoms with Crippen molar-refractivity contribution in [1.82, 2.24) is 9.88 Å². The Kier molecular flexibility index (Phi) is 8.06. The molecule has 2 bridgehead atoms. The average molecular weight is 716 g/mol. The van der Waals surface area contributed by atoms with Crippen LogP contribution in [0.3, 0.4) is 0 Å². The van der Waals surface area contributed by atoms with Gasteiger partial charge in [-0.3, -0.25) is 24.1 Å². The number of nitrogens with zero attached hydrogens (tertiary/aromatic N) is 2. The zero-order valence-corrected chi connectivity index (χ0v) is 27.9. The van der Waals surface area contributed by atoms with Crippen LogP contribution in [0, 0.1) is 29.6 Å². The summed E-state index contributed by atoms with van der Waals surface area (Å²) in [6.45, 7) is 3.97. The van der Waals surface area contributed by atoms with Crippen LogP contribution in [0.4, 0.5) is 18.9 Å². The van der Waals surface area contributed by atoms with E-state index >= 15 is 0 Å². The summed E-state index contributed by atoms with van der Waals surface area (Å²) in [6.07, 6.45) is -3.99. The highest BCUT2D eigenvalue weighted by molar-refractivity contribution is 8.00. The van der Waals surface area contributed by atoms with E-state index in [4.69, 9.17) is 14.2 Å². The third kappa shape index (κ3) is 5.35. The fraction of sp³-hybridized carbons (Fsp3) is 0.471. The number of carbonyl (C=O) groups is 3. The highest BCUT2D eigenvalue weighted by Gasteiger charge is 2.69. The van der Waals surface area contributed by atoms with E-state index < -0.39 is 35.4 Å². The van der Waals surface area contributed by atoms with Crippen molar-refractivity contribution < 1.29 is 41.8 Å². The largest absolute Gasteiger partial charge is 0.490 e. The third-order valence-corrected chi connectivity index (χ3v) is 13.1. The second kappa shape index (κ2) is 12.2. The number of anilines is 1. The van der Waals surface area contributed by atoms with Crippen LogP contribution in [0.15, 0.2) is 52.3 Å². The third-order valence-electron chi connectivity index (χ3n) is 10.5. The Morgan fingerprint density at radius 1 is 1.00 bits per heavy atom. The molecule has 2 saturated carbocycles. The number of thiazole rings is 1. The van der Waals surface area contributed by atoms with Crippen LogP contribution < -0.4 is 19.2 Å². The summed E-state index contributed by atoms with van der Waals surface area (Å²) >= 11 is 2.64. The summed E-state index contributed by atoms with van der Waals surface area (Å²) in [7, 11) is 0. The number of benzene rings is 2. The molecule has 8 rings (SSSR count). The predicted octanol–water partition coefficient (Wildman–Crippen LogP) is 4.77. The lowest BCUT2D eigenvalue weighted by atomic mass is 9.68. The van der Waals surface area contributed by atoms with E-state index in [2.05, 4.69) is 4.98 Å². The molecule has 0 spiro atoms. The molecule has 258 valence electrons. The van der Waals surface area contributed by atoms with E-state index in [1.54, 1.807) is 11.0 Å². The van der Waals surface area contributed by atoms with E-state index in [0.29, 0.717) is 50.8 Å². The minimum absolute atomic E-state index is 0.0710. The van der Waals surface area contributed by atoms with Crippen molar-refractivity contribution in [2.45, 2.75) is 35.7 Å². The number of aromatic nitrogens is 1. The normalized spacial score (nSPS) is 28.8. The van der Waals surface area contributed by atoms with Crippen molar-refractivity contribution in [3.05, 3.63) is 68.1 Å². The molecule has 7 atom stereocenters. The van der Waals surface area contributed by atoms with E-state index in [1.165, 1.54) is 23.9 Å². The monoisotopic (exact) mass is 715 g/mol. The van der Waals surface area contributed by atoms with E-state index in [-0.39, 0.29) is 52.0 Å². The number of ether oxygens (including phenoxy) is 3. The summed E-state index contributed by atoms with van der Waals surface area (Å²) in [5.74, 6) is -2.43. The van der Waals surface area contributed by atoms with Crippen molar-refractivity contribution in [1.29, 1.82) is 0 Å². The number of carbonyl (C=O) groups excluding carboxylic acids is 3. The Morgan fingerprint density at radius 2 is 1.76 bits per heavy atom. The Morgan fingerprint density at radius 3 is 2.49 bits per heavy atom. The van der Waals surface area contributed by atoms with Crippen molar-refractivity contribution in [3.63, 3.8) is 0 Å². The zero-order valence-electron chi connectivity index (χ0n) is 26.2. The molecule has 3 aromatic rings. The number of nitrogens with one attached hydrogen (secondary N) is 1. The molecule has 6 unspecified atom stereocenters. The SMILES string of the molecule is CCOc1cc([C@H]2c3sc(=O)[nH]c3SC3C4CC(C5C(=O)N(c6cccc(C(F)(F)F)c6)C(=O)C45)C32)ccc1OCC(=O)N1CCOCC1. The number of imide groups is 1. The Hall–Kier alpha value is -3.82. The van der Waals surface area contributed by atoms with E-state index in [1.807, 2.05) is 19.1 Å². The van der Waals surface area contributed by atoms with Gasteiger partial charge in [0.1, 0.15) is 0 Å². The molecule has 1 N–H and O–H groups in total. The molecule has 2 aromatic carbocycles.